The Morgan fingerprint density at radius 1 is 1.22 bits per heavy atom. The molecule has 1 fully saturated rings. The number of benzene rings is 1. The van der Waals surface area contributed by atoms with E-state index in [9.17, 15) is 13.2 Å². The van der Waals surface area contributed by atoms with Gasteiger partial charge in [-0.1, -0.05) is 12.1 Å². The van der Waals surface area contributed by atoms with Gasteiger partial charge in [-0.25, -0.2) is 9.29 Å². The van der Waals surface area contributed by atoms with Crippen LogP contribution in [0.4, 0.5) is 19.0 Å². The zero-order valence-electron chi connectivity index (χ0n) is 12.1. The van der Waals surface area contributed by atoms with Crippen LogP contribution in [-0.4, -0.2) is 28.4 Å². The number of fused-ring (bicyclic) bond motifs is 3. The molecule has 0 amide bonds. The Kier molecular flexibility index (Phi) is 3.50. The van der Waals surface area contributed by atoms with Crippen LogP contribution in [0.15, 0.2) is 41.3 Å². The Hall–Kier alpha value is -1.73. The molecule has 23 heavy (non-hydrogen) atoms. The van der Waals surface area contributed by atoms with E-state index < -0.39 is 11.7 Å². The summed E-state index contributed by atoms with van der Waals surface area (Å²) in [6.45, 7) is 2.00. The Bertz CT molecular complexity index is 748. The number of nitrogens with one attached hydrogen (secondary N) is 1. The van der Waals surface area contributed by atoms with Gasteiger partial charge in [0, 0.05) is 24.7 Å². The van der Waals surface area contributed by atoms with Crippen molar-refractivity contribution in [3.8, 4) is 11.3 Å². The molecule has 0 aliphatic carbocycles. The topological polar surface area (TPSA) is 28.2 Å². The van der Waals surface area contributed by atoms with Crippen molar-refractivity contribution < 1.29 is 13.2 Å². The van der Waals surface area contributed by atoms with Gasteiger partial charge in [-0.15, -0.1) is 0 Å². The van der Waals surface area contributed by atoms with Crippen LogP contribution in [-0.2, 0) is 6.18 Å². The summed E-state index contributed by atoms with van der Waals surface area (Å²) < 4.78 is 40.9. The van der Waals surface area contributed by atoms with Crippen molar-refractivity contribution in [2.45, 2.75) is 23.5 Å². The highest BCUT2D eigenvalue weighted by Gasteiger charge is 2.31. The molecule has 7 heteroatoms. The fourth-order valence-corrected chi connectivity index (χ4v) is 3.95. The molecule has 1 saturated heterocycles. The first-order valence-corrected chi connectivity index (χ1v) is 8.14. The fourth-order valence-electron chi connectivity index (χ4n) is 2.90. The summed E-state index contributed by atoms with van der Waals surface area (Å²) in [5.41, 5.74) is 0.374. The van der Waals surface area contributed by atoms with Gasteiger partial charge in [0.05, 0.1) is 16.2 Å². The molecule has 1 N–H and O–H groups in total. The van der Waals surface area contributed by atoms with E-state index in [-0.39, 0.29) is 0 Å². The molecule has 120 valence electrons. The van der Waals surface area contributed by atoms with Crippen molar-refractivity contribution in [2.75, 3.05) is 18.4 Å². The second-order valence-electron chi connectivity index (χ2n) is 5.73. The SMILES string of the molecule is FC(F)(F)c1cccc(-c2ccc3c(n2)N[C@H]2CCN(C2)S3)c1. The molecule has 3 heterocycles. The van der Waals surface area contributed by atoms with Gasteiger partial charge < -0.3 is 5.32 Å². The van der Waals surface area contributed by atoms with E-state index in [0.717, 1.165) is 42.4 Å². The van der Waals surface area contributed by atoms with Gasteiger partial charge >= 0.3 is 6.18 Å². The van der Waals surface area contributed by atoms with Crippen molar-refractivity contribution in [3.63, 3.8) is 0 Å². The Morgan fingerprint density at radius 2 is 2.09 bits per heavy atom. The smallest absolute Gasteiger partial charge is 0.365 e. The number of anilines is 1. The third-order valence-electron chi connectivity index (χ3n) is 4.06. The second kappa shape index (κ2) is 5.42. The number of nitrogens with zero attached hydrogens (tertiary/aromatic N) is 2. The van der Waals surface area contributed by atoms with Crippen LogP contribution in [0.25, 0.3) is 11.3 Å². The average molecular weight is 337 g/mol. The summed E-state index contributed by atoms with van der Waals surface area (Å²) in [6, 6.07) is 9.36. The fraction of sp³-hybridized carbons (Fsp3) is 0.312. The highest BCUT2D eigenvalue weighted by Crippen LogP contribution is 2.38. The molecule has 0 saturated carbocycles. The van der Waals surface area contributed by atoms with Crippen LogP contribution >= 0.6 is 11.9 Å². The second-order valence-corrected chi connectivity index (χ2v) is 6.87. The summed E-state index contributed by atoms with van der Waals surface area (Å²) in [6.07, 6.45) is -3.29. The van der Waals surface area contributed by atoms with Crippen molar-refractivity contribution in [1.29, 1.82) is 0 Å². The van der Waals surface area contributed by atoms with E-state index in [1.54, 1.807) is 24.1 Å². The summed E-state index contributed by atoms with van der Waals surface area (Å²) in [5, 5.41) is 3.41. The van der Waals surface area contributed by atoms with Crippen LogP contribution in [0, 0.1) is 0 Å². The predicted octanol–water partition coefficient (Wildman–Crippen LogP) is 4.27. The van der Waals surface area contributed by atoms with Gasteiger partial charge in [0.2, 0.25) is 0 Å². The van der Waals surface area contributed by atoms with Gasteiger partial charge in [0.15, 0.2) is 0 Å². The molecule has 1 aromatic heterocycles. The lowest BCUT2D eigenvalue weighted by atomic mass is 10.1. The molecule has 2 aliphatic rings. The molecular weight excluding hydrogens is 323 g/mol. The number of halogens is 3. The lowest BCUT2D eigenvalue weighted by molar-refractivity contribution is -0.137. The van der Waals surface area contributed by atoms with Crippen LogP contribution in [0.2, 0.25) is 0 Å². The van der Waals surface area contributed by atoms with Gasteiger partial charge in [0.25, 0.3) is 0 Å². The standard InChI is InChI=1S/C16H14F3N3S/c17-16(18,19)11-3-1-2-10(8-11)13-4-5-14-15(21-13)20-12-6-7-22(9-12)23-14/h1-5,8,12H,6-7,9H2,(H,20,21)/t12-/m0/s1. The van der Waals surface area contributed by atoms with Crippen molar-refractivity contribution in [3.05, 3.63) is 42.0 Å². The Labute approximate surface area is 136 Å². The quantitative estimate of drug-likeness (QED) is 0.787. The molecule has 3 nitrogen and oxygen atoms in total. The molecular formula is C16H14F3N3S. The average Bonchev–Trinajstić information content (AvgIpc) is 2.86. The summed E-state index contributed by atoms with van der Waals surface area (Å²) >= 11 is 1.66. The minimum Gasteiger partial charge on any atom is -0.365 e. The minimum atomic E-state index is -4.35. The molecule has 0 spiro atoms. The third-order valence-corrected chi connectivity index (χ3v) is 5.18. The van der Waals surface area contributed by atoms with Crippen molar-refractivity contribution >= 4 is 17.8 Å². The predicted molar refractivity (Wildman–Crippen MR) is 84.1 cm³/mol. The molecule has 1 unspecified atom stereocenters. The maximum absolute atomic E-state index is 12.9. The molecule has 2 bridgehead atoms. The number of aromatic nitrogens is 1. The third kappa shape index (κ3) is 2.90. The van der Waals surface area contributed by atoms with E-state index in [1.807, 2.05) is 6.07 Å². The van der Waals surface area contributed by atoms with Crippen molar-refractivity contribution in [1.82, 2.24) is 9.29 Å². The highest BCUT2D eigenvalue weighted by molar-refractivity contribution is 7.97. The van der Waals surface area contributed by atoms with Crippen LogP contribution in [0.3, 0.4) is 0 Å². The van der Waals surface area contributed by atoms with Gasteiger partial charge in [-0.2, -0.15) is 13.2 Å². The van der Waals surface area contributed by atoms with Gasteiger partial charge in [-0.3, -0.25) is 0 Å². The number of hydrogen-bond donors (Lipinski definition) is 1. The number of pyridine rings is 1. The number of hydrogen-bond acceptors (Lipinski definition) is 4. The summed E-state index contributed by atoms with van der Waals surface area (Å²) in [5.74, 6) is 0.761. The number of rotatable bonds is 1. The zero-order valence-corrected chi connectivity index (χ0v) is 12.9. The first-order valence-electron chi connectivity index (χ1n) is 7.37. The summed E-state index contributed by atoms with van der Waals surface area (Å²) in [7, 11) is 0. The number of alkyl halides is 3. The first-order chi connectivity index (χ1) is 11.0. The maximum atomic E-state index is 12.9. The molecule has 0 radical (unpaired) electrons. The van der Waals surface area contributed by atoms with Crippen LogP contribution in [0.5, 0.6) is 0 Å². The monoisotopic (exact) mass is 337 g/mol. The molecule has 2 aliphatic heterocycles. The molecule has 1 aromatic carbocycles. The first kappa shape index (κ1) is 14.8. The van der Waals surface area contributed by atoms with Gasteiger partial charge in [-0.05, 0) is 42.6 Å². The molecule has 2 aromatic rings. The van der Waals surface area contributed by atoms with E-state index in [1.165, 1.54) is 6.07 Å². The maximum Gasteiger partial charge on any atom is 0.416 e. The minimum absolute atomic E-state index is 0.355. The van der Waals surface area contributed by atoms with Crippen LogP contribution in [0.1, 0.15) is 12.0 Å². The Morgan fingerprint density at radius 3 is 2.91 bits per heavy atom. The van der Waals surface area contributed by atoms with Gasteiger partial charge in [0.1, 0.15) is 5.82 Å². The lowest BCUT2D eigenvalue weighted by Gasteiger charge is -2.16. The lowest BCUT2D eigenvalue weighted by Crippen LogP contribution is -2.20. The van der Waals surface area contributed by atoms with E-state index in [2.05, 4.69) is 14.6 Å². The van der Waals surface area contributed by atoms with Crippen molar-refractivity contribution in [2.24, 2.45) is 0 Å². The van der Waals surface area contributed by atoms with E-state index >= 15 is 0 Å². The van der Waals surface area contributed by atoms with E-state index in [4.69, 9.17) is 0 Å². The normalized spacial score (nSPS) is 23.1. The van der Waals surface area contributed by atoms with E-state index in [0.29, 0.717) is 17.3 Å². The molecule has 4 rings (SSSR count). The van der Waals surface area contributed by atoms with Crippen LogP contribution < -0.4 is 5.32 Å². The largest absolute Gasteiger partial charge is 0.416 e. The zero-order chi connectivity index (χ0) is 16.0. The summed E-state index contributed by atoms with van der Waals surface area (Å²) in [4.78, 5) is 5.58. The highest BCUT2D eigenvalue weighted by atomic mass is 32.2. The molecule has 2 atom stereocenters. The Balaban J connectivity index is 1.71.